The Morgan fingerprint density at radius 3 is 2.43 bits per heavy atom. The molecule has 21 heavy (non-hydrogen) atoms. The first-order valence-electron chi connectivity index (χ1n) is 7.22. The molecule has 0 aromatic heterocycles. The van der Waals surface area contributed by atoms with Gasteiger partial charge in [-0.25, -0.2) is 0 Å². The van der Waals surface area contributed by atoms with Crippen LogP contribution in [-0.4, -0.2) is 28.7 Å². The van der Waals surface area contributed by atoms with E-state index in [-0.39, 0.29) is 18.4 Å². The summed E-state index contributed by atoms with van der Waals surface area (Å²) in [7, 11) is 0. The number of amides is 1. The highest BCUT2D eigenvalue weighted by atomic mass is 16.4. The topological polar surface area (TPSA) is 86.6 Å². The Morgan fingerprint density at radius 1 is 1.24 bits per heavy atom. The number of carbonyl (C=O) groups excluding carboxylic acids is 1. The molecule has 1 aromatic rings. The summed E-state index contributed by atoms with van der Waals surface area (Å²) in [6.07, 6.45) is 1.11. The van der Waals surface area contributed by atoms with E-state index in [1.807, 2.05) is 37.3 Å². The minimum Gasteiger partial charge on any atom is -0.481 e. The number of hydrogen-bond acceptors (Lipinski definition) is 3. The molecule has 3 N–H and O–H groups in total. The third-order valence-electron chi connectivity index (χ3n) is 4.15. The van der Waals surface area contributed by atoms with Gasteiger partial charge in [0.25, 0.3) is 0 Å². The number of benzene rings is 1. The molecule has 2 rings (SSSR count). The fourth-order valence-electron chi connectivity index (χ4n) is 3.05. The van der Waals surface area contributed by atoms with Gasteiger partial charge in [-0.15, -0.1) is 0 Å². The van der Waals surface area contributed by atoms with Gasteiger partial charge in [-0.05, 0) is 24.3 Å². The van der Waals surface area contributed by atoms with Gasteiger partial charge < -0.3 is 15.5 Å². The average Bonchev–Trinajstić information content (AvgIpc) is 2.88. The van der Waals surface area contributed by atoms with Crippen molar-refractivity contribution >= 4 is 11.9 Å². The van der Waals surface area contributed by atoms with Crippen LogP contribution in [0.15, 0.2) is 30.3 Å². The Bertz CT molecular complexity index is 502. The lowest BCUT2D eigenvalue weighted by Crippen LogP contribution is -2.38. The Balaban J connectivity index is 2.07. The zero-order valence-corrected chi connectivity index (χ0v) is 12.0. The Morgan fingerprint density at radius 2 is 1.86 bits per heavy atom. The van der Waals surface area contributed by atoms with Gasteiger partial charge in [-0.2, -0.15) is 0 Å². The lowest BCUT2D eigenvalue weighted by Gasteiger charge is -2.21. The molecule has 5 heteroatoms. The van der Waals surface area contributed by atoms with Crippen LogP contribution in [0.1, 0.15) is 31.4 Å². The van der Waals surface area contributed by atoms with E-state index >= 15 is 0 Å². The molecule has 0 bridgehead atoms. The van der Waals surface area contributed by atoms with Crippen molar-refractivity contribution in [2.75, 3.05) is 6.61 Å². The molecule has 0 heterocycles. The molecule has 114 valence electrons. The van der Waals surface area contributed by atoms with Gasteiger partial charge in [-0.3, -0.25) is 9.59 Å². The van der Waals surface area contributed by atoms with E-state index in [0.717, 1.165) is 5.56 Å². The van der Waals surface area contributed by atoms with Crippen LogP contribution in [0.3, 0.4) is 0 Å². The lowest BCUT2D eigenvalue weighted by molar-refractivity contribution is -0.146. The summed E-state index contributed by atoms with van der Waals surface area (Å²) in [5.41, 5.74) is 0.811. The number of carboxylic acid groups (broad SMARTS) is 1. The Hall–Kier alpha value is -1.88. The minimum absolute atomic E-state index is 0.213. The van der Waals surface area contributed by atoms with Crippen LogP contribution in [0, 0.1) is 17.8 Å². The molecule has 0 spiro atoms. The molecule has 1 saturated carbocycles. The van der Waals surface area contributed by atoms with Gasteiger partial charge in [0, 0.05) is 0 Å². The predicted molar refractivity (Wildman–Crippen MR) is 77.4 cm³/mol. The number of aliphatic carboxylic acids is 1. The molecule has 0 radical (unpaired) electrons. The number of carbonyl (C=O) groups is 2. The first-order chi connectivity index (χ1) is 10.0. The third kappa shape index (κ3) is 3.61. The highest BCUT2D eigenvalue weighted by Gasteiger charge is 2.41. The van der Waals surface area contributed by atoms with E-state index in [1.54, 1.807) is 0 Å². The number of carboxylic acids is 1. The molecule has 1 aliphatic rings. The Kier molecular flexibility index (Phi) is 4.96. The standard InChI is InChI=1S/C16H21NO4/c1-10-7-12(13(8-10)16(20)21)15(19)17-14(9-18)11-5-3-2-4-6-11/h2-6,10,12-14,18H,7-9H2,1H3,(H,17,19)(H,20,21). The number of aliphatic hydroxyl groups is 1. The van der Waals surface area contributed by atoms with Crippen molar-refractivity contribution in [3.05, 3.63) is 35.9 Å². The van der Waals surface area contributed by atoms with Gasteiger partial charge in [0.1, 0.15) is 0 Å². The van der Waals surface area contributed by atoms with Crippen LogP contribution < -0.4 is 5.32 Å². The first kappa shape index (κ1) is 15.5. The summed E-state index contributed by atoms with van der Waals surface area (Å²) in [4.78, 5) is 23.6. The molecule has 4 unspecified atom stereocenters. The molecule has 1 aliphatic carbocycles. The number of nitrogens with one attached hydrogen (secondary N) is 1. The highest BCUT2D eigenvalue weighted by molar-refractivity contribution is 5.85. The average molecular weight is 291 g/mol. The van der Waals surface area contributed by atoms with Crippen LogP contribution in [0.5, 0.6) is 0 Å². The van der Waals surface area contributed by atoms with Crippen LogP contribution in [0.2, 0.25) is 0 Å². The van der Waals surface area contributed by atoms with E-state index in [1.165, 1.54) is 0 Å². The van der Waals surface area contributed by atoms with E-state index in [2.05, 4.69) is 5.32 Å². The molecule has 0 aliphatic heterocycles. The summed E-state index contributed by atoms with van der Waals surface area (Å²) in [6.45, 7) is 1.75. The number of rotatable bonds is 5. The lowest BCUT2D eigenvalue weighted by atomic mass is 9.94. The third-order valence-corrected chi connectivity index (χ3v) is 4.15. The van der Waals surface area contributed by atoms with Crippen LogP contribution >= 0.6 is 0 Å². The molecule has 4 atom stereocenters. The maximum Gasteiger partial charge on any atom is 0.307 e. The normalized spacial score (nSPS) is 26.3. The molecule has 1 fully saturated rings. The molecular formula is C16H21NO4. The second-order valence-corrected chi connectivity index (χ2v) is 5.78. The summed E-state index contributed by atoms with van der Waals surface area (Å²) in [5.74, 6) is -2.12. The highest BCUT2D eigenvalue weighted by Crippen LogP contribution is 2.36. The van der Waals surface area contributed by atoms with Crippen molar-refractivity contribution in [1.29, 1.82) is 0 Å². The van der Waals surface area contributed by atoms with Gasteiger partial charge in [-0.1, -0.05) is 37.3 Å². The molecule has 5 nitrogen and oxygen atoms in total. The maximum atomic E-state index is 12.4. The smallest absolute Gasteiger partial charge is 0.307 e. The van der Waals surface area contributed by atoms with E-state index in [9.17, 15) is 19.8 Å². The van der Waals surface area contributed by atoms with Crippen LogP contribution in [0.25, 0.3) is 0 Å². The van der Waals surface area contributed by atoms with Crippen LogP contribution in [0.4, 0.5) is 0 Å². The zero-order valence-electron chi connectivity index (χ0n) is 12.0. The van der Waals surface area contributed by atoms with Crippen molar-refractivity contribution in [3.63, 3.8) is 0 Å². The molecule has 1 amide bonds. The monoisotopic (exact) mass is 291 g/mol. The van der Waals surface area contributed by atoms with Gasteiger partial charge in [0.2, 0.25) is 5.91 Å². The zero-order chi connectivity index (χ0) is 15.4. The number of aliphatic hydroxyl groups excluding tert-OH is 1. The van der Waals surface area contributed by atoms with Crippen molar-refractivity contribution in [2.24, 2.45) is 17.8 Å². The first-order valence-corrected chi connectivity index (χ1v) is 7.22. The van der Waals surface area contributed by atoms with Gasteiger partial charge in [0.05, 0.1) is 24.5 Å². The fraction of sp³-hybridized carbons (Fsp3) is 0.500. The number of hydrogen-bond donors (Lipinski definition) is 3. The maximum absolute atomic E-state index is 12.4. The summed E-state index contributed by atoms with van der Waals surface area (Å²) in [5, 5.41) is 21.5. The Labute approximate surface area is 124 Å². The van der Waals surface area contributed by atoms with E-state index < -0.39 is 23.8 Å². The van der Waals surface area contributed by atoms with E-state index in [0.29, 0.717) is 12.8 Å². The summed E-state index contributed by atoms with van der Waals surface area (Å²) in [6, 6.07) is 8.69. The second kappa shape index (κ2) is 6.72. The largest absolute Gasteiger partial charge is 0.481 e. The summed E-state index contributed by atoms with van der Waals surface area (Å²) >= 11 is 0. The SMILES string of the molecule is CC1CC(C(=O)O)C(C(=O)NC(CO)c2ccccc2)C1. The predicted octanol–water partition coefficient (Wildman–Crippen LogP) is 1.58. The van der Waals surface area contributed by atoms with Gasteiger partial charge >= 0.3 is 5.97 Å². The molecule has 0 saturated heterocycles. The summed E-state index contributed by atoms with van der Waals surface area (Å²) < 4.78 is 0. The van der Waals surface area contributed by atoms with Crippen molar-refractivity contribution in [3.8, 4) is 0 Å². The van der Waals surface area contributed by atoms with Crippen molar-refractivity contribution in [2.45, 2.75) is 25.8 Å². The molecule has 1 aromatic carbocycles. The minimum atomic E-state index is -0.917. The van der Waals surface area contributed by atoms with Gasteiger partial charge in [0.15, 0.2) is 0 Å². The fourth-order valence-corrected chi connectivity index (χ4v) is 3.05. The second-order valence-electron chi connectivity index (χ2n) is 5.78. The van der Waals surface area contributed by atoms with E-state index in [4.69, 9.17) is 0 Å². The molecular weight excluding hydrogens is 270 g/mol. The van der Waals surface area contributed by atoms with Crippen molar-refractivity contribution in [1.82, 2.24) is 5.32 Å². The van der Waals surface area contributed by atoms with Crippen LogP contribution in [-0.2, 0) is 9.59 Å². The van der Waals surface area contributed by atoms with Crippen molar-refractivity contribution < 1.29 is 19.8 Å². The quantitative estimate of drug-likeness (QED) is 0.769.